The number of benzene rings is 1. The van der Waals surface area contributed by atoms with Crippen LogP contribution in [0.15, 0.2) is 18.2 Å². The number of anilines is 2. The van der Waals surface area contributed by atoms with Crippen LogP contribution in [-0.2, 0) is 9.53 Å². The van der Waals surface area contributed by atoms with Gasteiger partial charge in [0.05, 0.1) is 11.8 Å². The normalized spacial score (nSPS) is 25.6. The summed E-state index contributed by atoms with van der Waals surface area (Å²) in [6.07, 6.45) is 3.29. The molecule has 3 unspecified atom stereocenters. The lowest BCUT2D eigenvalue weighted by molar-refractivity contribution is -0.123. The van der Waals surface area contributed by atoms with E-state index < -0.39 is 5.82 Å². The molecule has 0 heterocycles. The van der Waals surface area contributed by atoms with E-state index in [1.165, 1.54) is 18.2 Å². The third-order valence-corrected chi connectivity index (χ3v) is 4.28. The zero-order valence-corrected chi connectivity index (χ0v) is 12.6. The molecule has 4 nitrogen and oxygen atoms in total. The Balaban J connectivity index is 1.78. The van der Waals surface area contributed by atoms with Crippen molar-refractivity contribution in [3.05, 3.63) is 24.0 Å². The minimum atomic E-state index is -0.491. The van der Waals surface area contributed by atoms with Crippen LogP contribution >= 0.6 is 0 Å². The molecule has 1 amide bonds. The number of nitrogens with one attached hydrogen (secondary N) is 1. The minimum Gasteiger partial charge on any atom is -0.396 e. The van der Waals surface area contributed by atoms with E-state index in [1.807, 2.05) is 0 Å². The summed E-state index contributed by atoms with van der Waals surface area (Å²) in [7, 11) is 0. The maximum absolute atomic E-state index is 13.0. The van der Waals surface area contributed by atoms with Crippen LogP contribution in [0.25, 0.3) is 0 Å². The third-order valence-electron chi connectivity index (χ3n) is 4.28. The van der Waals surface area contributed by atoms with Crippen LogP contribution in [0.4, 0.5) is 15.8 Å². The van der Waals surface area contributed by atoms with Gasteiger partial charge in [-0.1, -0.05) is 13.8 Å². The molecule has 1 aliphatic carbocycles. The first-order valence-electron chi connectivity index (χ1n) is 7.42. The predicted octanol–water partition coefficient (Wildman–Crippen LogP) is 3.19. The first-order valence-corrected chi connectivity index (χ1v) is 7.42. The van der Waals surface area contributed by atoms with Crippen molar-refractivity contribution < 1.29 is 13.9 Å². The van der Waals surface area contributed by atoms with Gasteiger partial charge < -0.3 is 15.8 Å². The van der Waals surface area contributed by atoms with Gasteiger partial charge in [-0.2, -0.15) is 0 Å². The molecular formula is C16H23FN2O2. The van der Waals surface area contributed by atoms with Crippen LogP contribution in [0.5, 0.6) is 0 Å². The van der Waals surface area contributed by atoms with Crippen LogP contribution in [0, 0.1) is 17.7 Å². The van der Waals surface area contributed by atoms with Gasteiger partial charge in [0.2, 0.25) is 5.91 Å². The molecule has 1 aromatic rings. The molecule has 0 radical (unpaired) electrons. The second-order valence-electron chi connectivity index (χ2n) is 5.99. The fraction of sp³-hybridized carbons (Fsp3) is 0.562. The average Bonchev–Trinajstić information content (AvgIpc) is 2.44. The lowest BCUT2D eigenvalue weighted by Gasteiger charge is -2.31. The van der Waals surface area contributed by atoms with Crippen molar-refractivity contribution in [2.24, 2.45) is 11.8 Å². The van der Waals surface area contributed by atoms with Gasteiger partial charge in [0.1, 0.15) is 12.4 Å². The molecule has 1 aromatic carbocycles. The van der Waals surface area contributed by atoms with Gasteiger partial charge in [-0.15, -0.1) is 0 Å². The third kappa shape index (κ3) is 4.43. The second kappa shape index (κ2) is 6.89. The van der Waals surface area contributed by atoms with Crippen LogP contribution in [0.3, 0.4) is 0 Å². The van der Waals surface area contributed by atoms with Crippen molar-refractivity contribution in [3.8, 4) is 0 Å². The molecule has 3 atom stereocenters. The lowest BCUT2D eigenvalue weighted by Crippen LogP contribution is -2.29. The molecule has 1 aliphatic rings. The fourth-order valence-electron chi connectivity index (χ4n) is 2.66. The number of carbonyl (C=O) groups is 1. The van der Waals surface area contributed by atoms with Crippen LogP contribution < -0.4 is 11.1 Å². The predicted molar refractivity (Wildman–Crippen MR) is 81.4 cm³/mol. The van der Waals surface area contributed by atoms with Crippen LogP contribution in [0.1, 0.15) is 33.1 Å². The SMILES string of the molecule is CC1CCC(OCC(=O)Nc2ccc(F)c(N)c2)CC1C. The molecule has 5 heteroatoms. The van der Waals surface area contributed by atoms with Gasteiger partial charge in [-0.25, -0.2) is 4.39 Å². The summed E-state index contributed by atoms with van der Waals surface area (Å²) in [6, 6.07) is 4.11. The van der Waals surface area contributed by atoms with E-state index in [1.54, 1.807) is 0 Å². The Kier molecular flexibility index (Phi) is 5.17. The number of carbonyl (C=O) groups excluding carboxylic acids is 1. The molecule has 3 N–H and O–H groups in total. The Bertz CT molecular complexity index is 507. The average molecular weight is 294 g/mol. The summed E-state index contributed by atoms with van der Waals surface area (Å²) < 4.78 is 18.7. The number of amides is 1. The van der Waals surface area contributed by atoms with Gasteiger partial charge in [-0.3, -0.25) is 4.79 Å². The summed E-state index contributed by atoms with van der Waals surface area (Å²) in [5, 5.41) is 2.66. The van der Waals surface area contributed by atoms with E-state index >= 15 is 0 Å². The van der Waals surface area contributed by atoms with Crippen LogP contribution in [-0.4, -0.2) is 18.6 Å². The smallest absolute Gasteiger partial charge is 0.250 e. The van der Waals surface area contributed by atoms with Crippen LogP contribution in [0.2, 0.25) is 0 Å². The first-order chi connectivity index (χ1) is 9.95. The highest BCUT2D eigenvalue weighted by atomic mass is 19.1. The monoisotopic (exact) mass is 294 g/mol. The van der Waals surface area contributed by atoms with Crippen molar-refractivity contribution >= 4 is 17.3 Å². The maximum atomic E-state index is 13.0. The zero-order chi connectivity index (χ0) is 15.4. The molecular weight excluding hydrogens is 271 g/mol. The Labute approximate surface area is 124 Å². The van der Waals surface area contributed by atoms with E-state index in [0.717, 1.165) is 25.2 Å². The molecule has 0 bridgehead atoms. The largest absolute Gasteiger partial charge is 0.396 e. The number of nitrogen functional groups attached to an aromatic ring is 1. The molecule has 1 fully saturated rings. The van der Waals surface area contributed by atoms with E-state index in [0.29, 0.717) is 11.6 Å². The van der Waals surface area contributed by atoms with Crippen molar-refractivity contribution in [2.45, 2.75) is 39.2 Å². The minimum absolute atomic E-state index is 0.0169. The summed E-state index contributed by atoms with van der Waals surface area (Å²) in [5.41, 5.74) is 5.96. The van der Waals surface area contributed by atoms with Gasteiger partial charge in [0.15, 0.2) is 0 Å². The number of halogens is 1. The van der Waals surface area contributed by atoms with Crippen molar-refractivity contribution in [2.75, 3.05) is 17.7 Å². The number of nitrogens with two attached hydrogens (primary N) is 1. The van der Waals surface area contributed by atoms with E-state index in [-0.39, 0.29) is 24.3 Å². The summed E-state index contributed by atoms with van der Waals surface area (Å²) >= 11 is 0. The molecule has 0 saturated heterocycles. The molecule has 116 valence electrons. The highest BCUT2D eigenvalue weighted by Crippen LogP contribution is 2.30. The number of hydrogen-bond acceptors (Lipinski definition) is 3. The Hall–Kier alpha value is -1.62. The number of hydrogen-bond donors (Lipinski definition) is 2. The molecule has 1 saturated carbocycles. The Morgan fingerprint density at radius 1 is 1.38 bits per heavy atom. The van der Waals surface area contributed by atoms with E-state index in [2.05, 4.69) is 19.2 Å². The Morgan fingerprint density at radius 2 is 2.14 bits per heavy atom. The summed E-state index contributed by atoms with van der Waals surface area (Å²) in [4.78, 5) is 11.8. The second-order valence-corrected chi connectivity index (χ2v) is 5.99. The maximum Gasteiger partial charge on any atom is 0.250 e. The molecule has 0 spiro atoms. The molecule has 0 aliphatic heterocycles. The van der Waals surface area contributed by atoms with Gasteiger partial charge in [-0.05, 0) is 49.3 Å². The molecule has 0 aromatic heterocycles. The van der Waals surface area contributed by atoms with Crippen molar-refractivity contribution in [1.82, 2.24) is 0 Å². The summed E-state index contributed by atoms with van der Waals surface area (Å²) in [5.74, 6) is 0.617. The Morgan fingerprint density at radius 3 is 2.81 bits per heavy atom. The number of ether oxygens (including phenoxy) is 1. The quantitative estimate of drug-likeness (QED) is 0.838. The van der Waals surface area contributed by atoms with Crippen molar-refractivity contribution in [1.29, 1.82) is 0 Å². The molecule has 21 heavy (non-hydrogen) atoms. The van der Waals surface area contributed by atoms with Gasteiger partial charge in [0, 0.05) is 5.69 Å². The highest BCUT2D eigenvalue weighted by molar-refractivity contribution is 5.92. The topological polar surface area (TPSA) is 64.3 Å². The number of rotatable bonds is 4. The van der Waals surface area contributed by atoms with E-state index in [4.69, 9.17) is 10.5 Å². The highest BCUT2D eigenvalue weighted by Gasteiger charge is 2.25. The summed E-state index contributed by atoms with van der Waals surface area (Å²) in [6.45, 7) is 4.50. The standard InChI is InChI=1S/C16H23FN2O2/c1-10-3-5-13(7-11(10)2)21-9-16(20)19-12-4-6-14(17)15(18)8-12/h4,6,8,10-11,13H,3,5,7,9,18H2,1-2H3,(H,19,20). The zero-order valence-electron chi connectivity index (χ0n) is 12.6. The van der Waals surface area contributed by atoms with E-state index in [9.17, 15) is 9.18 Å². The molecule has 2 rings (SSSR count). The lowest BCUT2D eigenvalue weighted by atomic mass is 9.80. The first kappa shape index (κ1) is 15.8. The fourth-order valence-corrected chi connectivity index (χ4v) is 2.66. The van der Waals surface area contributed by atoms with Gasteiger partial charge in [0.25, 0.3) is 0 Å². The van der Waals surface area contributed by atoms with Gasteiger partial charge >= 0.3 is 0 Å². The van der Waals surface area contributed by atoms with Crippen molar-refractivity contribution in [3.63, 3.8) is 0 Å².